The fourth-order valence-electron chi connectivity index (χ4n) is 3.25. The van der Waals surface area contributed by atoms with Crippen molar-refractivity contribution < 1.29 is 14.2 Å². The molecule has 4 aromatic rings. The van der Waals surface area contributed by atoms with Gasteiger partial charge in [0, 0.05) is 22.0 Å². The lowest BCUT2D eigenvalue weighted by Gasteiger charge is -2.11. The van der Waals surface area contributed by atoms with Gasteiger partial charge in [-0.2, -0.15) is 0 Å². The van der Waals surface area contributed by atoms with Crippen molar-refractivity contribution in [1.29, 1.82) is 0 Å². The SMILES string of the molecule is Clc1cccc(OCCSc2nnc(-c3ccc4c(c3)OCO4)n2-c2ccccc2)c1. The van der Waals surface area contributed by atoms with Gasteiger partial charge < -0.3 is 14.2 Å². The van der Waals surface area contributed by atoms with Crippen LogP contribution < -0.4 is 14.2 Å². The van der Waals surface area contributed by atoms with Crippen LogP contribution in [-0.2, 0) is 0 Å². The molecule has 0 aliphatic carbocycles. The summed E-state index contributed by atoms with van der Waals surface area (Å²) in [6.45, 7) is 0.754. The van der Waals surface area contributed by atoms with Gasteiger partial charge in [0.05, 0.1) is 6.61 Å². The predicted octanol–water partition coefficient (Wildman–Crippen LogP) is 5.49. The maximum Gasteiger partial charge on any atom is 0.231 e. The van der Waals surface area contributed by atoms with Gasteiger partial charge in [-0.15, -0.1) is 10.2 Å². The zero-order valence-electron chi connectivity index (χ0n) is 16.4. The molecule has 2 heterocycles. The zero-order valence-corrected chi connectivity index (χ0v) is 18.0. The zero-order chi connectivity index (χ0) is 21.0. The summed E-state index contributed by atoms with van der Waals surface area (Å²) in [5, 5.41) is 10.4. The number of hydrogen-bond acceptors (Lipinski definition) is 6. The minimum absolute atomic E-state index is 0.234. The van der Waals surface area contributed by atoms with E-state index in [4.69, 9.17) is 25.8 Å². The second-order valence-corrected chi connectivity index (χ2v) is 8.20. The minimum atomic E-state index is 0.234. The average Bonchev–Trinajstić information content (AvgIpc) is 3.44. The molecule has 6 nitrogen and oxygen atoms in total. The van der Waals surface area contributed by atoms with E-state index in [1.807, 2.05) is 71.3 Å². The number of hydrogen-bond donors (Lipinski definition) is 0. The summed E-state index contributed by atoms with van der Waals surface area (Å²) >= 11 is 7.60. The Kier molecular flexibility index (Phi) is 5.69. The van der Waals surface area contributed by atoms with Crippen LogP contribution in [0.3, 0.4) is 0 Å². The van der Waals surface area contributed by atoms with Crippen LogP contribution >= 0.6 is 23.4 Å². The van der Waals surface area contributed by atoms with Crippen LogP contribution in [0.15, 0.2) is 78.0 Å². The van der Waals surface area contributed by atoms with Crippen LogP contribution in [0.4, 0.5) is 0 Å². The van der Waals surface area contributed by atoms with Gasteiger partial charge in [-0.3, -0.25) is 4.57 Å². The Morgan fingerprint density at radius 3 is 2.68 bits per heavy atom. The molecule has 0 bridgehead atoms. The summed E-state index contributed by atoms with van der Waals surface area (Å²) in [6, 6.07) is 23.2. The van der Waals surface area contributed by atoms with E-state index < -0.39 is 0 Å². The van der Waals surface area contributed by atoms with E-state index in [2.05, 4.69) is 10.2 Å². The van der Waals surface area contributed by atoms with E-state index in [1.54, 1.807) is 17.8 Å². The van der Waals surface area contributed by atoms with Crippen molar-refractivity contribution in [2.75, 3.05) is 19.2 Å². The second-order valence-electron chi connectivity index (χ2n) is 6.70. The number of ether oxygens (including phenoxy) is 3. The third kappa shape index (κ3) is 4.33. The molecule has 3 aromatic carbocycles. The van der Waals surface area contributed by atoms with Crippen LogP contribution in [0.1, 0.15) is 0 Å². The number of halogens is 1. The minimum Gasteiger partial charge on any atom is -0.493 e. The van der Waals surface area contributed by atoms with Crippen LogP contribution in [0.2, 0.25) is 5.02 Å². The normalized spacial score (nSPS) is 12.2. The molecule has 31 heavy (non-hydrogen) atoms. The van der Waals surface area contributed by atoms with Crippen molar-refractivity contribution >= 4 is 23.4 Å². The Balaban J connectivity index is 1.39. The first-order valence-electron chi connectivity index (χ1n) is 9.70. The van der Waals surface area contributed by atoms with Gasteiger partial charge in [-0.05, 0) is 48.5 Å². The first kappa shape index (κ1) is 19.8. The molecular weight excluding hydrogens is 434 g/mol. The van der Waals surface area contributed by atoms with Crippen molar-refractivity contribution in [1.82, 2.24) is 14.8 Å². The summed E-state index contributed by atoms with van der Waals surface area (Å²) in [5.41, 5.74) is 1.89. The van der Waals surface area contributed by atoms with Crippen molar-refractivity contribution in [3.63, 3.8) is 0 Å². The highest BCUT2D eigenvalue weighted by molar-refractivity contribution is 7.99. The molecule has 0 saturated heterocycles. The second kappa shape index (κ2) is 8.91. The van der Waals surface area contributed by atoms with E-state index in [1.165, 1.54) is 0 Å². The van der Waals surface area contributed by atoms with Gasteiger partial charge in [0.1, 0.15) is 5.75 Å². The Bertz CT molecular complexity index is 1200. The molecule has 1 aromatic heterocycles. The highest BCUT2D eigenvalue weighted by Crippen LogP contribution is 2.37. The van der Waals surface area contributed by atoms with Crippen molar-refractivity contribution in [2.45, 2.75) is 5.16 Å². The van der Waals surface area contributed by atoms with Crippen molar-refractivity contribution in [3.8, 4) is 34.3 Å². The summed E-state index contributed by atoms with van der Waals surface area (Å²) in [6.07, 6.45) is 0. The number of thioether (sulfide) groups is 1. The van der Waals surface area contributed by atoms with Gasteiger partial charge in [-0.1, -0.05) is 47.6 Å². The fraction of sp³-hybridized carbons (Fsp3) is 0.130. The Morgan fingerprint density at radius 1 is 0.935 bits per heavy atom. The maximum atomic E-state index is 6.01. The third-order valence-corrected chi connectivity index (χ3v) is 5.79. The Labute approximate surface area is 188 Å². The largest absolute Gasteiger partial charge is 0.493 e. The van der Waals surface area contributed by atoms with Crippen LogP contribution in [0.25, 0.3) is 17.1 Å². The van der Waals surface area contributed by atoms with Crippen molar-refractivity contribution in [3.05, 3.63) is 77.8 Å². The van der Waals surface area contributed by atoms with Gasteiger partial charge in [-0.25, -0.2) is 0 Å². The smallest absolute Gasteiger partial charge is 0.231 e. The topological polar surface area (TPSA) is 58.4 Å². The Morgan fingerprint density at radius 2 is 1.81 bits per heavy atom. The lowest BCUT2D eigenvalue weighted by Crippen LogP contribution is -2.03. The molecule has 0 unspecified atom stereocenters. The number of aromatic nitrogens is 3. The molecule has 0 atom stereocenters. The molecule has 1 aliphatic rings. The molecule has 8 heteroatoms. The average molecular weight is 452 g/mol. The van der Waals surface area contributed by atoms with Crippen molar-refractivity contribution in [2.24, 2.45) is 0 Å². The molecule has 5 rings (SSSR count). The molecule has 0 fully saturated rings. The molecule has 1 aliphatic heterocycles. The lowest BCUT2D eigenvalue weighted by molar-refractivity contribution is 0.174. The van der Waals surface area contributed by atoms with E-state index >= 15 is 0 Å². The van der Waals surface area contributed by atoms with Gasteiger partial charge in [0.2, 0.25) is 6.79 Å². The number of fused-ring (bicyclic) bond motifs is 1. The Hall–Kier alpha value is -3.16. The summed E-state index contributed by atoms with van der Waals surface area (Å²) in [7, 11) is 0. The molecule has 0 saturated carbocycles. The fourth-order valence-corrected chi connectivity index (χ4v) is 4.19. The maximum absolute atomic E-state index is 6.01. The molecule has 0 amide bonds. The number of rotatable bonds is 7. The monoisotopic (exact) mass is 451 g/mol. The molecular formula is C23H18ClN3O3S. The van der Waals surface area contributed by atoms with Crippen LogP contribution in [0.5, 0.6) is 17.2 Å². The number of para-hydroxylation sites is 1. The molecule has 0 N–H and O–H groups in total. The predicted molar refractivity (Wildman–Crippen MR) is 121 cm³/mol. The van der Waals surface area contributed by atoms with Crippen LogP contribution in [-0.4, -0.2) is 33.9 Å². The highest BCUT2D eigenvalue weighted by atomic mass is 35.5. The number of benzene rings is 3. The third-order valence-electron chi connectivity index (χ3n) is 4.66. The quantitative estimate of drug-likeness (QED) is 0.273. The summed E-state index contributed by atoms with van der Waals surface area (Å²) < 4.78 is 18.8. The molecule has 0 radical (unpaired) electrons. The lowest BCUT2D eigenvalue weighted by atomic mass is 10.2. The first-order chi connectivity index (χ1) is 15.3. The molecule has 0 spiro atoms. The van der Waals surface area contributed by atoms with Crippen LogP contribution in [0, 0.1) is 0 Å². The van der Waals surface area contributed by atoms with Gasteiger partial charge in [0.25, 0.3) is 0 Å². The molecule has 156 valence electrons. The standard InChI is InChI=1S/C23H18ClN3O3S/c24-17-5-4-8-19(14-17)28-11-12-31-23-26-25-22(27(23)18-6-2-1-3-7-18)16-9-10-20-21(13-16)30-15-29-20/h1-10,13-14H,11-12,15H2. The van der Waals surface area contributed by atoms with E-state index in [9.17, 15) is 0 Å². The van der Waals surface area contributed by atoms with E-state index in [0.717, 1.165) is 33.7 Å². The summed E-state index contributed by atoms with van der Waals surface area (Å²) in [4.78, 5) is 0. The highest BCUT2D eigenvalue weighted by Gasteiger charge is 2.20. The first-order valence-corrected chi connectivity index (χ1v) is 11.1. The van der Waals surface area contributed by atoms with Gasteiger partial charge >= 0.3 is 0 Å². The van der Waals surface area contributed by atoms with E-state index in [-0.39, 0.29) is 6.79 Å². The summed E-state index contributed by atoms with van der Waals surface area (Å²) in [5.74, 6) is 3.64. The van der Waals surface area contributed by atoms with E-state index in [0.29, 0.717) is 23.1 Å². The number of nitrogens with zero attached hydrogens (tertiary/aromatic N) is 3. The van der Waals surface area contributed by atoms with Gasteiger partial charge in [0.15, 0.2) is 22.5 Å².